The van der Waals surface area contributed by atoms with Crippen LogP contribution >= 0.6 is 0 Å². The molecule has 1 amide bonds. The van der Waals surface area contributed by atoms with Crippen molar-refractivity contribution in [3.8, 4) is 0 Å². The molecule has 1 aromatic rings. The number of nitrogen functional groups attached to an aromatic ring is 1. The Labute approximate surface area is 98.8 Å². The van der Waals surface area contributed by atoms with E-state index in [0.717, 1.165) is 0 Å². The van der Waals surface area contributed by atoms with Crippen molar-refractivity contribution in [2.24, 2.45) is 5.41 Å². The van der Waals surface area contributed by atoms with E-state index in [1.165, 1.54) is 26.1 Å². The zero-order valence-corrected chi connectivity index (χ0v) is 9.73. The van der Waals surface area contributed by atoms with Crippen LogP contribution in [0.2, 0.25) is 0 Å². The van der Waals surface area contributed by atoms with Crippen LogP contribution in [0.15, 0.2) is 18.3 Å². The molecular weight excluding hydrogens is 222 g/mol. The summed E-state index contributed by atoms with van der Waals surface area (Å²) in [4.78, 5) is 26.3. The van der Waals surface area contributed by atoms with Gasteiger partial charge in [0.25, 0.3) is 5.91 Å². The molecule has 0 aliphatic carbocycles. The number of pyridine rings is 1. The van der Waals surface area contributed by atoms with Gasteiger partial charge in [0.2, 0.25) is 0 Å². The van der Waals surface area contributed by atoms with Crippen molar-refractivity contribution < 1.29 is 14.7 Å². The molecule has 0 unspecified atom stereocenters. The SMILES string of the molecule is CC(C)(CNC(=O)c1ccc(N)cn1)C(=O)O. The summed E-state index contributed by atoms with van der Waals surface area (Å²) >= 11 is 0. The standard InChI is InChI=1S/C11H15N3O3/c1-11(2,10(16)17)6-14-9(15)8-4-3-7(12)5-13-8/h3-5H,6,12H2,1-2H3,(H,14,15)(H,16,17). The van der Waals surface area contributed by atoms with Gasteiger partial charge in [-0.2, -0.15) is 0 Å². The summed E-state index contributed by atoms with van der Waals surface area (Å²) in [5.74, 6) is -1.39. The van der Waals surface area contributed by atoms with Gasteiger partial charge >= 0.3 is 5.97 Å². The van der Waals surface area contributed by atoms with Crippen molar-refractivity contribution in [1.82, 2.24) is 10.3 Å². The van der Waals surface area contributed by atoms with Gasteiger partial charge in [-0.1, -0.05) is 0 Å². The van der Waals surface area contributed by atoms with Crippen molar-refractivity contribution in [2.45, 2.75) is 13.8 Å². The maximum absolute atomic E-state index is 11.6. The minimum absolute atomic E-state index is 0.0349. The van der Waals surface area contributed by atoms with Gasteiger partial charge in [0, 0.05) is 6.54 Å². The van der Waals surface area contributed by atoms with Gasteiger partial charge in [-0.05, 0) is 26.0 Å². The number of nitrogens with two attached hydrogens (primary N) is 1. The van der Waals surface area contributed by atoms with Gasteiger partial charge in [0.15, 0.2) is 0 Å². The molecule has 0 saturated carbocycles. The van der Waals surface area contributed by atoms with Crippen molar-refractivity contribution >= 4 is 17.6 Å². The predicted molar refractivity (Wildman–Crippen MR) is 62.4 cm³/mol. The monoisotopic (exact) mass is 237 g/mol. The summed E-state index contributed by atoms with van der Waals surface area (Å²) in [7, 11) is 0. The number of carboxylic acid groups (broad SMARTS) is 1. The number of nitrogens with zero attached hydrogens (tertiary/aromatic N) is 1. The molecule has 17 heavy (non-hydrogen) atoms. The van der Waals surface area contributed by atoms with Gasteiger partial charge in [0.1, 0.15) is 5.69 Å². The number of anilines is 1. The van der Waals surface area contributed by atoms with Gasteiger partial charge in [0.05, 0.1) is 17.3 Å². The number of carboxylic acids is 1. The molecule has 0 saturated heterocycles. The second-order valence-corrected chi connectivity index (χ2v) is 4.35. The first-order chi connectivity index (χ1) is 7.83. The number of amides is 1. The molecule has 0 fully saturated rings. The van der Waals surface area contributed by atoms with Crippen molar-refractivity contribution in [3.63, 3.8) is 0 Å². The third-order valence-corrected chi connectivity index (χ3v) is 2.29. The number of rotatable bonds is 4. The van der Waals surface area contributed by atoms with E-state index in [1.807, 2.05) is 0 Å². The summed E-state index contributed by atoms with van der Waals surface area (Å²) in [6.07, 6.45) is 1.37. The Kier molecular flexibility index (Phi) is 3.67. The first kappa shape index (κ1) is 13.0. The summed E-state index contributed by atoms with van der Waals surface area (Å²) < 4.78 is 0. The second-order valence-electron chi connectivity index (χ2n) is 4.35. The Morgan fingerprint density at radius 1 is 1.47 bits per heavy atom. The molecule has 0 aliphatic rings. The van der Waals surface area contributed by atoms with E-state index in [9.17, 15) is 9.59 Å². The van der Waals surface area contributed by atoms with Crippen molar-refractivity contribution in [3.05, 3.63) is 24.0 Å². The maximum Gasteiger partial charge on any atom is 0.310 e. The number of carbonyl (C=O) groups excluding carboxylic acids is 1. The van der Waals surface area contributed by atoms with Crippen LogP contribution in [-0.4, -0.2) is 28.5 Å². The van der Waals surface area contributed by atoms with E-state index in [2.05, 4.69) is 10.3 Å². The third-order valence-electron chi connectivity index (χ3n) is 2.29. The molecule has 92 valence electrons. The summed E-state index contributed by atoms with van der Waals surface area (Å²) in [5.41, 5.74) is 5.10. The number of hydrogen-bond acceptors (Lipinski definition) is 4. The van der Waals surface area contributed by atoms with E-state index in [1.54, 1.807) is 6.07 Å². The normalized spacial score (nSPS) is 10.9. The minimum atomic E-state index is -1.01. The Hall–Kier alpha value is -2.11. The van der Waals surface area contributed by atoms with Crippen molar-refractivity contribution in [2.75, 3.05) is 12.3 Å². The highest BCUT2D eigenvalue weighted by atomic mass is 16.4. The fraction of sp³-hybridized carbons (Fsp3) is 0.364. The maximum atomic E-state index is 11.6. The van der Waals surface area contributed by atoms with Gasteiger partial charge in [-0.25, -0.2) is 4.98 Å². The predicted octanol–water partition coefficient (Wildman–Crippen LogP) is 0.504. The Balaban J connectivity index is 2.62. The van der Waals surface area contributed by atoms with Crippen molar-refractivity contribution in [1.29, 1.82) is 0 Å². The Bertz CT molecular complexity index is 426. The quantitative estimate of drug-likeness (QED) is 0.707. The third kappa shape index (κ3) is 3.44. The summed E-state index contributed by atoms with van der Waals surface area (Å²) in [5, 5.41) is 11.4. The average Bonchev–Trinajstić information content (AvgIpc) is 2.27. The molecule has 0 spiro atoms. The lowest BCUT2D eigenvalue weighted by Gasteiger charge is -2.19. The molecule has 6 nitrogen and oxygen atoms in total. The van der Waals surface area contributed by atoms with Crippen LogP contribution in [-0.2, 0) is 4.79 Å². The molecule has 6 heteroatoms. The first-order valence-corrected chi connectivity index (χ1v) is 5.06. The number of aliphatic carboxylic acids is 1. The number of carbonyl (C=O) groups is 2. The molecule has 0 aliphatic heterocycles. The van der Waals surface area contributed by atoms with E-state index in [-0.39, 0.29) is 12.2 Å². The largest absolute Gasteiger partial charge is 0.481 e. The van der Waals surface area contributed by atoms with Crippen LogP contribution in [0.25, 0.3) is 0 Å². The van der Waals surface area contributed by atoms with Crippen LogP contribution in [0.1, 0.15) is 24.3 Å². The van der Waals surface area contributed by atoms with Gasteiger partial charge in [-0.15, -0.1) is 0 Å². The van der Waals surface area contributed by atoms with Crippen LogP contribution in [0.3, 0.4) is 0 Å². The van der Waals surface area contributed by atoms with Crippen LogP contribution in [0.5, 0.6) is 0 Å². The van der Waals surface area contributed by atoms with E-state index in [0.29, 0.717) is 5.69 Å². The van der Waals surface area contributed by atoms with Crippen LogP contribution in [0.4, 0.5) is 5.69 Å². The lowest BCUT2D eigenvalue weighted by atomic mass is 9.94. The van der Waals surface area contributed by atoms with Crippen LogP contribution in [0, 0.1) is 5.41 Å². The molecular formula is C11H15N3O3. The molecule has 4 N–H and O–H groups in total. The smallest absolute Gasteiger partial charge is 0.310 e. The van der Waals surface area contributed by atoms with Crippen LogP contribution < -0.4 is 11.1 Å². The fourth-order valence-electron chi connectivity index (χ4n) is 1.01. The molecule has 0 atom stereocenters. The average molecular weight is 237 g/mol. The molecule has 0 radical (unpaired) electrons. The molecule has 0 bridgehead atoms. The lowest BCUT2D eigenvalue weighted by Crippen LogP contribution is -2.39. The topological polar surface area (TPSA) is 105 Å². The highest BCUT2D eigenvalue weighted by Gasteiger charge is 2.27. The highest BCUT2D eigenvalue weighted by molar-refractivity contribution is 5.92. The zero-order valence-electron chi connectivity index (χ0n) is 9.73. The van der Waals surface area contributed by atoms with E-state index >= 15 is 0 Å². The highest BCUT2D eigenvalue weighted by Crippen LogP contribution is 2.13. The Morgan fingerprint density at radius 3 is 2.59 bits per heavy atom. The van der Waals surface area contributed by atoms with Gasteiger partial charge in [-0.3, -0.25) is 9.59 Å². The minimum Gasteiger partial charge on any atom is -0.481 e. The molecule has 1 heterocycles. The second kappa shape index (κ2) is 4.82. The summed E-state index contributed by atoms with van der Waals surface area (Å²) in [6.45, 7) is 3.10. The Morgan fingerprint density at radius 2 is 2.12 bits per heavy atom. The molecule has 1 aromatic heterocycles. The number of hydrogen-bond donors (Lipinski definition) is 3. The molecule has 1 rings (SSSR count). The number of nitrogens with one attached hydrogen (secondary N) is 1. The lowest BCUT2D eigenvalue weighted by molar-refractivity contribution is -0.146. The van der Waals surface area contributed by atoms with E-state index in [4.69, 9.17) is 10.8 Å². The molecule has 0 aromatic carbocycles. The fourth-order valence-corrected chi connectivity index (χ4v) is 1.01. The number of aromatic nitrogens is 1. The van der Waals surface area contributed by atoms with E-state index < -0.39 is 17.3 Å². The first-order valence-electron chi connectivity index (χ1n) is 5.06. The summed E-state index contributed by atoms with van der Waals surface area (Å²) in [6, 6.07) is 3.04. The van der Waals surface area contributed by atoms with Gasteiger partial charge < -0.3 is 16.2 Å². The zero-order chi connectivity index (χ0) is 13.1.